The SMILES string of the molecule is Cc1ccc(S(=O)(=O)N(C)c2ccc(C(=O)Nc3nnc(SCC(C)C)s3)cc2)cc1. The Hall–Kier alpha value is -2.43. The summed E-state index contributed by atoms with van der Waals surface area (Å²) in [6.07, 6.45) is 0. The average Bonchev–Trinajstić information content (AvgIpc) is 3.19. The van der Waals surface area contributed by atoms with Crippen LogP contribution in [0, 0.1) is 12.8 Å². The Labute approximate surface area is 191 Å². The molecule has 7 nitrogen and oxygen atoms in total. The predicted molar refractivity (Wildman–Crippen MR) is 127 cm³/mol. The second-order valence-corrected chi connectivity index (χ2v) is 11.6. The second kappa shape index (κ2) is 9.80. The molecule has 0 atom stereocenters. The molecule has 1 aromatic heterocycles. The van der Waals surface area contributed by atoms with Gasteiger partial charge in [-0.15, -0.1) is 10.2 Å². The van der Waals surface area contributed by atoms with E-state index in [0.29, 0.717) is 22.3 Å². The topological polar surface area (TPSA) is 92.3 Å². The highest BCUT2D eigenvalue weighted by Gasteiger charge is 2.21. The van der Waals surface area contributed by atoms with E-state index in [-0.39, 0.29) is 10.8 Å². The quantitative estimate of drug-likeness (QED) is 0.375. The maximum Gasteiger partial charge on any atom is 0.264 e. The number of sulfonamides is 1. The van der Waals surface area contributed by atoms with Crippen molar-refractivity contribution in [1.29, 1.82) is 0 Å². The molecule has 3 rings (SSSR count). The third-order valence-corrected chi connectivity index (χ3v) is 8.54. The molecular weight excluding hydrogens is 452 g/mol. The van der Waals surface area contributed by atoms with Crippen LogP contribution >= 0.6 is 23.1 Å². The molecule has 0 spiro atoms. The fourth-order valence-electron chi connectivity index (χ4n) is 2.56. The largest absolute Gasteiger partial charge is 0.296 e. The molecule has 1 heterocycles. The van der Waals surface area contributed by atoms with Crippen LogP contribution in [0.5, 0.6) is 0 Å². The van der Waals surface area contributed by atoms with E-state index in [1.165, 1.54) is 22.7 Å². The van der Waals surface area contributed by atoms with Gasteiger partial charge in [0.1, 0.15) is 0 Å². The van der Waals surface area contributed by atoms with Gasteiger partial charge in [-0.3, -0.25) is 14.4 Å². The number of nitrogens with one attached hydrogen (secondary N) is 1. The molecule has 31 heavy (non-hydrogen) atoms. The minimum absolute atomic E-state index is 0.213. The standard InChI is InChI=1S/C21H24N4O3S3/c1-14(2)13-29-21-24-23-20(30-21)22-19(26)16-7-9-17(10-8-16)25(4)31(27,28)18-11-5-15(3)6-12-18/h5-12,14H,13H2,1-4H3,(H,22,23,26). The summed E-state index contributed by atoms with van der Waals surface area (Å²) in [5.41, 5.74) is 1.84. The van der Waals surface area contributed by atoms with E-state index in [9.17, 15) is 13.2 Å². The predicted octanol–water partition coefficient (Wildman–Crippen LogP) is 4.67. The van der Waals surface area contributed by atoms with Gasteiger partial charge in [-0.1, -0.05) is 54.6 Å². The Kier molecular flexibility index (Phi) is 7.34. The van der Waals surface area contributed by atoms with E-state index in [1.807, 2.05) is 6.92 Å². The molecule has 0 saturated carbocycles. The van der Waals surface area contributed by atoms with Crippen molar-refractivity contribution in [3.8, 4) is 0 Å². The van der Waals surface area contributed by atoms with Gasteiger partial charge in [0.2, 0.25) is 5.13 Å². The van der Waals surface area contributed by atoms with Crippen molar-refractivity contribution in [2.24, 2.45) is 5.92 Å². The van der Waals surface area contributed by atoms with Crippen LogP contribution in [-0.4, -0.2) is 37.3 Å². The van der Waals surface area contributed by atoms with E-state index in [1.54, 1.807) is 60.3 Å². The lowest BCUT2D eigenvalue weighted by Crippen LogP contribution is -2.26. The number of amides is 1. The van der Waals surface area contributed by atoms with Gasteiger partial charge in [0, 0.05) is 18.4 Å². The van der Waals surface area contributed by atoms with Gasteiger partial charge >= 0.3 is 0 Å². The molecule has 10 heteroatoms. The molecular formula is C21H24N4O3S3. The van der Waals surface area contributed by atoms with Gasteiger partial charge in [-0.25, -0.2) is 8.42 Å². The van der Waals surface area contributed by atoms with Crippen LogP contribution in [0.1, 0.15) is 29.8 Å². The van der Waals surface area contributed by atoms with Gasteiger partial charge < -0.3 is 0 Å². The lowest BCUT2D eigenvalue weighted by Gasteiger charge is -2.19. The summed E-state index contributed by atoms with van der Waals surface area (Å²) < 4.78 is 27.7. The van der Waals surface area contributed by atoms with Crippen LogP contribution in [0.15, 0.2) is 57.8 Å². The monoisotopic (exact) mass is 476 g/mol. The molecule has 0 aliphatic carbocycles. The summed E-state index contributed by atoms with van der Waals surface area (Å²) in [4.78, 5) is 12.7. The maximum absolute atomic E-state index is 12.8. The normalized spacial score (nSPS) is 11.5. The summed E-state index contributed by atoms with van der Waals surface area (Å²) >= 11 is 2.94. The number of carbonyl (C=O) groups is 1. The van der Waals surface area contributed by atoms with E-state index >= 15 is 0 Å². The van der Waals surface area contributed by atoms with Crippen molar-refractivity contribution < 1.29 is 13.2 Å². The Morgan fingerprint density at radius 1 is 1.10 bits per heavy atom. The summed E-state index contributed by atoms with van der Waals surface area (Å²) in [6, 6.07) is 13.1. The highest BCUT2D eigenvalue weighted by molar-refractivity contribution is 8.01. The number of anilines is 2. The summed E-state index contributed by atoms with van der Waals surface area (Å²) in [5.74, 6) is 1.15. The molecule has 0 fully saturated rings. The van der Waals surface area contributed by atoms with Crippen molar-refractivity contribution in [3.05, 3.63) is 59.7 Å². The molecule has 0 radical (unpaired) electrons. The molecule has 3 aromatic rings. The first kappa shape index (κ1) is 23.2. The lowest BCUT2D eigenvalue weighted by molar-refractivity contribution is 0.102. The average molecular weight is 477 g/mol. The van der Waals surface area contributed by atoms with E-state index in [4.69, 9.17) is 0 Å². The number of aromatic nitrogens is 2. The van der Waals surface area contributed by atoms with Gasteiger partial charge in [0.05, 0.1) is 10.6 Å². The number of carbonyl (C=O) groups excluding carboxylic acids is 1. The van der Waals surface area contributed by atoms with Gasteiger partial charge in [-0.05, 0) is 49.2 Å². The van der Waals surface area contributed by atoms with Gasteiger partial charge in [0.15, 0.2) is 4.34 Å². The third kappa shape index (κ3) is 5.84. The Morgan fingerprint density at radius 2 is 1.74 bits per heavy atom. The minimum Gasteiger partial charge on any atom is -0.296 e. The number of aryl methyl sites for hydroxylation is 1. The molecule has 0 saturated heterocycles. The van der Waals surface area contributed by atoms with Crippen LogP contribution in [-0.2, 0) is 10.0 Å². The molecule has 0 bridgehead atoms. The fraction of sp³-hybridized carbons (Fsp3) is 0.286. The molecule has 1 N–H and O–H groups in total. The maximum atomic E-state index is 12.8. The zero-order valence-electron chi connectivity index (χ0n) is 17.7. The number of thioether (sulfide) groups is 1. The highest BCUT2D eigenvalue weighted by Crippen LogP contribution is 2.27. The fourth-order valence-corrected chi connectivity index (χ4v) is 5.47. The molecule has 0 unspecified atom stereocenters. The Morgan fingerprint density at radius 3 is 2.35 bits per heavy atom. The first-order valence-electron chi connectivity index (χ1n) is 9.60. The summed E-state index contributed by atoms with van der Waals surface area (Å²) in [5, 5.41) is 11.2. The number of rotatable bonds is 8. The molecule has 1 amide bonds. The summed E-state index contributed by atoms with van der Waals surface area (Å²) in [6.45, 7) is 6.16. The Balaban J connectivity index is 1.68. The first-order valence-corrected chi connectivity index (χ1v) is 12.8. The van der Waals surface area contributed by atoms with E-state index in [0.717, 1.165) is 15.7 Å². The minimum atomic E-state index is -3.69. The summed E-state index contributed by atoms with van der Waals surface area (Å²) in [7, 11) is -2.20. The highest BCUT2D eigenvalue weighted by atomic mass is 32.2. The van der Waals surface area contributed by atoms with Crippen LogP contribution in [0.3, 0.4) is 0 Å². The number of benzene rings is 2. The van der Waals surface area contributed by atoms with Gasteiger partial charge in [-0.2, -0.15) is 0 Å². The zero-order valence-corrected chi connectivity index (χ0v) is 20.1. The second-order valence-electron chi connectivity index (χ2n) is 7.36. The molecule has 0 aliphatic heterocycles. The number of hydrogen-bond donors (Lipinski definition) is 1. The van der Waals surface area contributed by atoms with Crippen molar-refractivity contribution in [2.75, 3.05) is 22.4 Å². The molecule has 164 valence electrons. The molecule has 2 aromatic carbocycles. The number of hydrogen-bond acceptors (Lipinski definition) is 7. The Bertz CT molecular complexity index is 1140. The lowest BCUT2D eigenvalue weighted by atomic mass is 10.2. The van der Waals surface area contributed by atoms with Crippen molar-refractivity contribution >= 4 is 49.8 Å². The first-order chi connectivity index (χ1) is 14.7. The van der Waals surface area contributed by atoms with Crippen molar-refractivity contribution in [2.45, 2.75) is 30.0 Å². The van der Waals surface area contributed by atoms with Crippen LogP contribution < -0.4 is 9.62 Å². The van der Waals surface area contributed by atoms with Crippen LogP contribution in [0.25, 0.3) is 0 Å². The van der Waals surface area contributed by atoms with Crippen LogP contribution in [0.2, 0.25) is 0 Å². The third-order valence-electron chi connectivity index (χ3n) is 4.34. The smallest absolute Gasteiger partial charge is 0.264 e. The number of nitrogens with zero attached hydrogens (tertiary/aromatic N) is 3. The van der Waals surface area contributed by atoms with E-state index in [2.05, 4.69) is 29.4 Å². The van der Waals surface area contributed by atoms with Crippen molar-refractivity contribution in [1.82, 2.24) is 10.2 Å². The van der Waals surface area contributed by atoms with Gasteiger partial charge in [0.25, 0.3) is 15.9 Å². The van der Waals surface area contributed by atoms with E-state index < -0.39 is 10.0 Å². The zero-order chi connectivity index (χ0) is 22.6. The molecule has 0 aliphatic rings. The van der Waals surface area contributed by atoms with Crippen molar-refractivity contribution in [3.63, 3.8) is 0 Å². The van der Waals surface area contributed by atoms with Crippen LogP contribution in [0.4, 0.5) is 10.8 Å².